The SMILES string of the molecule is CCC(N)Cc1ccc(OCc2cc(C)nn2C)c(Cl)c1. The molecule has 4 nitrogen and oxygen atoms in total. The lowest BCUT2D eigenvalue weighted by molar-refractivity contribution is 0.295. The molecule has 5 heteroatoms. The monoisotopic (exact) mass is 307 g/mol. The molecule has 1 aromatic heterocycles. The van der Waals surface area contributed by atoms with Gasteiger partial charge in [-0.2, -0.15) is 5.10 Å². The predicted molar refractivity (Wildman–Crippen MR) is 85.7 cm³/mol. The van der Waals surface area contributed by atoms with Crippen molar-refractivity contribution in [3.05, 3.63) is 46.2 Å². The fourth-order valence-corrected chi connectivity index (χ4v) is 2.44. The average Bonchev–Trinajstić information content (AvgIpc) is 2.76. The second-order valence-corrected chi connectivity index (χ2v) is 5.73. The standard InChI is InChI=1S/C16H22ClN3O/c1-4-13(18)8-12-5-6-16(15(17)9-12)21-10-14-7-11(2)19-20(14)3/h5-7,9,13H,4,8,10,18H2,1-3H3. The van der Waals surface area contributed by atoms with Crippen molar-refractivity contribution in [2.75, 3.05) is 0 Å². The van der Waals surface area contributed by atoms with E-state index in [2.05, 4.69) is 12.0 Å². The third-order valence-corrected chi connectivity index (χ3v) is 3.79. The number of hydrogen-bond acceptors (Lipinski definition) is 3. The van der Waals surface area contributed by atoms with Crippen LogP contribution in [0.1, 0.15) is 30.3 Å². The van der Waals surface area contributed by atoms with Crippen LogP contribution in [0.2, 0.25) is 5.02 Å². The van der Waals surface area contributed by atoms with Crippen LogP contribution >= 0.6 is 11.6 Å². The first-order valence-electron chi connectivity index (χ1n) is 7.16. The Morgan fingerprint density at radius 1 is 1.38 bits per heavy atom. The summed E-state index contributed by atoms with van der Waals surface area (Å²) >= 11 is 6.28. The van der Waals surface area contributed by atoms with Gasteiger partial charge in [0.2, 0.25) is 0 Å². The van der Waals surface area contributed by atoms with Gasteiger partial charge in [0, 0.05) is 13.1 Å². The Morgan fingerprint density at radius 2 is 2.14 bits per heavy atom. The van der Waals surface area contributed by atoms with E-state index in [1.54, 1.807) is 0 Å². The number of hydrogen-bond donors (Lipinski definition) is 1. The lowest BCUT2D eigenvalue weighted by Gasteiger charge is -2.12. The number of aromatic nitrogens is 2. The van der Waals surface area contributed by atoms with Crippen LogP contribution in [0.3, 0.4) is 0 Å². The highest BCUT2D eigenvalue weighted by Crippen LogP contribution is 2.27. The molecule has 21 heavy (non-hydrogen) atoms. The highest BCUT2D eigenvalue weighted by Gasteiger charge is 2.08. The Hall–Kier alpha value is -1.52. The minimum atomic E-state index is 0.172. The first-order chi connectivity index (χ1) is 9.99. The van der Waals surface area contributed by atoms with Gasteiger partial charge in [-0.3, -0.25) is 4.68 Å². The molecule has 0 radical (unpaired) electrons. The number of rotatable bonds is 6. The third kappa shape index (κ3) is 4.22. The van der Waals surface area contributed by atoms with Crippen LogP contribution in [0, 0.1) is 6.92 Å². The van der Waals surface area contributed by atoms with Gasteiger partial charge in [-0.1, -0.05) is 24.6 Å². The number of aryl methyl sites for hydroxylation is 2. The third-order valence-electron chi connectivity index (χ3n) is 3.49. The Balaban J connectivity index is 2.02. The van der Waals surface area contributed by atoms with Crippen LogP contribution < -0.4 is 10.5 Å². The first-order valence-corrected chi connectivity index (χ1v) is 7.53. The van der Waals surface area contributed by atoms with Crippen molar-refractivity contribution in [3.63, 3.8) is 0 Å². The maximum atomic E-state index is 6.28. The second-order valence-electron chi connectivity index (χ2n) is 5.33. The van der Waals surface area contributed by atoms with Gasteiger partial charge >= 0.3 is 0 Å². The summed E-state index contributed by atoms with van der Waals surface area (Å²) in [4.78, 5) is 0. The van der Waals surface area contributed by atoms with E-state index in [0.717, 1.165) is 29.8 Å². The molecule has 0 saturated carbocycles. The summed E-state index contributed by atoms with van der Waals surface area (Å²) in [5.74, 6) is 0.685. The number of benzene rings is 1. The van der Waals surface area contributed by atoms with Crippen LogP contribution in [0.15, 0.2) is 24.3 Å². The molecular formula is C16H22ClN3O. The molecule has 2 N–H and O–H groups in total. The van der Waals surface area contributed by atoms with Gasteiger partial charge in [-0.05, 0) is 43.5 Å². The van der Waals surface area contributed by atoms with E-state index in [0.29, 0.717) is 17.4 Å². The summed E-state index contributed by atoms with van der Waals surface area (Å²) in [5, 5.41) is 4.91. The van der Waals surface area contributed by atoms with Crippen LogP contribution in [-0.4, -0.2) is 15.8 Å². The van der Waals surface area contributed by atoms with E-state index in [1.807, 2.05) is 42.9 Å². The van der Waals surface area contributed by atoms with Crippen molar-refractivity contribution < 1.29 is 4.74 Å². The lowest BCUT2D eigenvalue weighted by atomic mass is 10.0. The first kappa shape index (κ1) is 15.9. The average molecular weight is 308 g/mol. The highest BCUT2D eigenvalue weighted by atomic mass is 35.5. The number of nitrogens with zero attached hydrogens (tertiary/aromatic N) is 2. The number of halogens is 1. The van der Waals surface area contributed by atoms with E-state index in [1.165, 1.54) is 0 Å². The van der Waals surface area contributed by atoms with Crippen LogP contribution in [0.5, 0.6) is 5.75 Å². The quantitative estimate of drug-likeness (QED) is 0.891. The second kappa shape index (κ2) is 6.96. The van der Waals surface area contributed by atoms with Gasteiger partial charge in [0.25, 0.3) is 0 Å². The van der Waals surface area contributed by atoms with Crippen LogP contribution in [0.4, 0.5) is 0 Å². The highest BCUT2D eigenvalue weighted by molar-refractivity contribution is 6.32. The Kier molecular flexibility index (Phi) is 5.26. The lowest BCUT2D eigenvalue weighted by Crippen LogP contribution is -2.21. The molecule has 1 aromatic carbocycles. The van der Waals surface area contributed by atoms with Crippen molar-refractivity contribution in [2.24, 2.45) is 12.8 Å². The van der Waals surface area contributed by atoms with E-state index >= 15 is 0 Å². The maximum absolute atomic E-state index is 6.28. The van der Waals surface area contributed by atoms with Gasteiger partial charge in [0.05, 0.1) is 16.4 Å². The van der Waals surface area contributed by atoms with Gasteiger partial charge < -0.3 is 10.5 Å². The van der Waals surface area contributed by atoms with Crippen molar-refractivity contribution in [1.82, 2.24) is 9.78 Å². The fraction of sp³-hybridized carbons (Fsp3) is 0.438. The molecule has 0 bridgehead atoms. The van der Waals surface area contributed by atoms with E-state index in [-0.39, 0.29) is 6.04 Å². The zero-order valence-corrected chi connectivity index (χ0v) is 13.5. The van der Waals surface area contributed by atoms with Crippen molar-refractivity contribution >= 4 is 11.6 Å². The van der Waals surface area contributed by atoms with E-state index in [9.17, 15) is 0 Å². The molecule has 1 atom stereocenters. The summed E-state index contributed by atoms with van der Waals surface area (Å²) < 4.78 is 7.60. The Morgan fingerprint density at radius 3 is 2.71 bits per heavy atom. The normalized spacial score (nSPS) is 12.4. The van der Waals surface area contributed by atoms with E-state index < -0.39 is 0 Å². The predicted octanol–water partition coefficient (Wildman–Crippen LogP) is 3.24. The molecule has 0 aliphatic carbocycles. The summed E-state index contributed by atoms with van der Waals surface area (Å²) in [6.07, 6.45) is 1.78. The maximum Gasteiger partial charge on any atom is 0.138 e. The number of ether oxygens (including phenoxy) is 1. The molecule has 0 fully saturated rings. The smallest absolute Gasteiger partial charge is 0.138 e. The Labute approximate surface area is 130 Å². The van der Waals surface area contributed by atoms with Gasteiger partial charge in [0.15, 0.2) is 0 Å². The van der Waals surface area contributed by atoms with E-state index in [4.69, 9.17) is 22.1 Å². The molecule has 0 amide bonds. The minimum absolute atomic E-state index is 0.172. The van der Waals surface area contributed by atoms with Gasteiger partial charge in [-0.25, -0.2) is 0 Å². The molecule has 0 aliphatic rings. The summed E-state index contributed by atoms with van der Waals surface area (Å²) in [5.41, 5.74) is 9.09. The fourth-order valence-electron chi connectivity index (χ4n) is 2.19. The molecular weight excluding hydrogens is 286 g/mol. The summed E-state index contributed by atoms with van der Waals surface area (Å²) in [7, 11) is 1.91. The summed E-state index contributed by atoms with van der Waals surface area (Å²) in [6.45, 7) is 4.49. The summed E-state index contributed by atoms with van der Waals surface area (Å²) in [6, 6.07) is 8.03. The van der Waals surface area contributed by atoms with Crippen LogP contribution in [0.25, 0.3) is 0 Å². The number of nitrogens with two attached hydrogens (primary N) is 1. The molecule has 1 heterocycles. The molecule has 114 valence electrons. The molecule has 0 aliphatic heterocycles. The largest absolute Gasteiger partial charge is 0.486 e. The minimum Gasteiger partial charge on any atom is -0.486 e. The Bertz CT molecular complexity index is 610. The van der Waals surface area contributed by atoms with Crippen LogP contribution in [-0.2, 0) is 20.1 Å². The zero-order valence-electron chi connectivity index (χ0n) is 12.8. The molecule has 2 rings (SSSR count). The molecule has 2 aromatic rings. The van der Waals surface area contributed by atoms with Crippen molar-refractivity contribution in [2.45, 2.75) is 39.3 Å². The zero-order chi connectivity index (χ0) is 15.4. The van der Waals surface area contributed by atoms with Gasteiger partial charge in [0.1, 0.15) is 12.4 Å². The van der Waals surface area contributed by atoms with Gasteiger partial charge in [-0.15, -0.1) is 0 Å². The van der Waals surface area contributed by atoms with Crippen molar-refractivity contribution in [1.29, 1.82) is 0 Å². The molecule has 0 saturated heterocycles. The van der Waals surface area contributed by atoms with Crippen molar-refractivity contribution in [3.8, 4) is 5.75 Å². The topological polar surface area (TPSA) is 53.1 Å². The molecule has 0 spiro atoms. The molecule has 1 unspecified atom stereocenters.